The molecular weight excluding hydrogens is 300 g/mol. The van der Waals surface area contributed by atoms with Crippen molar-refractivity contribution in [1.82, 2.24) is 15.3 Å². The highest BCUT2D eigenvalue weighted by atomic mass is 16.6. The van der Waals surface area contributed by atoms with Crippen LogP contribution in [0.25, 0.3) is 0 Å². The minimum absolute atomic E-state index is 0.179. The summed E-state index contributed by atoms with van der Waals surface area (Å²) in [5.41, 5.74) is 1.20. The molecule has 8 heteroatoms. The summed E-state index contributed by atoms with van der Waals surface area (Å²) in [5.74, 6) is 0.0564. The number of nitro groups is 1. The maximum Gasteiger partial charge on any atom is 0.288 e. The van der Waals surface area contributed by atoms with Gasteiger partial charge in [0.2, 0.25) is 5.88 Å². The number of aryl methyl sites for hydroxylation is 1. The van der Waals surface area contributed by atoms with Crippen LogP contribution in [0.2, 0.25) is 0 Å². The van der Waals surface area contributed by atoms with Gasteiger partial charge in [-0.05, 0) is 25.5 Å². The van der Waals surface area contributed by atoms with E-state index in [2.05, 4.69) is 15.3 Å². The Morgan fingerprint density at radius 2 is 2.17 bits per heavy atom. The van der Waals surface area contributed by atoms with Crippen LogP contribution in [-0.4, -0.2) is 27.4 Å². The second-order valence-electron chi connectivity index (χ2n) is 4.70. The fraction of sp³-hybridized carbons (Fsp3) is 0.267. The fourth-order valence-corrected chi connectivity index (χ4v) is 1.92. The van der Waals surface area contributed by atoms with Crippen LogP contribution in [0.1, 0.15) is 28.5 Å². The molecular formula is C15H16N4O4. The number of pyridine rings is 2. The van der Waals surface area contributed by atoms with Crippen molar-refractivity contribution < 1.29 is 14.5 Å². The van der Waals surface area contributed by atoms with Crippen LogP contribution in [0.3, 0.4) is 0 Å². The van der Waals surface area contributed by atoms with Gasteiger partial charge in [0, 0.05) is 24.9 Å². The van der Waals surface area contributed by atoms with Gasteiger partial charge >= 0.3 is 0 Å². The zero-order valence-electron chi connectivity index (χ0n) is 12.8. The summed E-state index contributed by atoms with van der Waals surface area (Å²) in [6.07, 6.45) is 2.72. The predicted molar refractivity (Wildman–Crippen MR) is 82.2 cm³/mol. The lowest BCUT2D eigenvalue weighted by Crippen LogP contribution is -2.24. The summed E-state index contributed by atoms with van der Waals surface area (Å²) in [7, 11) is 0. The van der Waals surface area contributed by atoms with Gasteiger partial charge in [-0.1, -0.05) is 0 Å². The number of carbonyl (C=O) groups excluding carboxylic acids is 1. The van der Waals surface area contributed by atoms with E-state index >= 15 is 0 Å². The van der Waals surface area contributed by atoms with E-state index in [1.54, 1.807) is 25.3 Å². The standard InChI is InChI=1S/C15H16N4O4/c1-3-23-14-6-11(4-5-16-14)8-18-15(20)13-7-12(19(21)22)9-17-10(13)2/h4-7,9H,3,8H2,1-2H3,(H,18,20). The van der Waals surface area contributed by atoms with Crippen LogP contribution >= 0.6 is 0 Å². The Hall–Kier alpha value is -3.03. The fourth-order valence-electron chi connectivity index (χ4n) is 1.92. The monoisotopic (exact) mass is 316 g/mol. The van der Waals surface area contributed by atoms with Crippen LogP contribution in [-0.2, 0) is 6.54 Å². The Kier molecular flexibility index (Phi) is 5.19. The topological polar surface area (TPSA) is 107 Å². The Morgan fingerprint density at radius 3 is 2.87 bits per heavy atom. The number of hydrogen-bond acceptors (Lipinski definition) is 6. The average Bonchev–Trinajstić information content (AvgIpc) is 2.53. The van der Waals surface area contributed by atoms with E-state index in [0.29, 0.717) is 18.2 Å². The number of rotatable bonds is 6. The predicted octanol–water partition coefficient (Wildman–Crippen LogP) is 2.02. The lowest BCUT2D eigenvalue weighted by molar-refractivity contribution is -0.385. The third kappa shape index (κ3) is 4.22. The molecule has 0 unspecified atom stereocenters. The van der Waals surface area contributed by atoms with Crippen molar-refractivity contribution in [3.63, 3.8) is 0 Å². The molecule has 0 spiro atoms. The minimum atomic E-state index is -0.583. The molecule has 0 radical (unpaired) electrons. The van der Waals surface area contributed by atoms with Gasteiger partial charge in [0.15, 0.2) is 0 Å². The molecule has 2 aromatic rings. The minimum Gasteiger partial charge on any atom is -0.478 e. The highest BCUT2D eigenvalue weighted by Gasteiger charge is 2.15. The molecule has 0 aliphatic heterocycles. The maximum atomic E-state index is 12.2. The quantitative estimate of drug-likeness (QED) is 0.645. The van der Waals surface area contributed by atoms with Crippen LogP contribution in [0, 0.1) is 17.0 Å². The van der Waals surface area contributed by atoms with Crippen molar-refractivity contribution >= 4 is 11.6 Å². The Bertz CT molecular complexity index is 733. The number of hydrogen-bond donors (Lipinski definition) is 1. The summed E-state index contributed by atoms with van der Waals surface area (Å²) < 4.78 is 5.29. The highest BCUT2D eigenvalue weighted by Crippen LogP contribution is 2.15. The molecule has 2 aromatic heterocycles. The first kappa shape index (κ1) is 16.3. The zero-order chi connectivity index (χ0) is 16.8. The van der Waals surface area contributed by atoms with E-state index in [-0.39, 0.29) is 17.8 Å². The third-order valence-electron chi connectivity index (χ3n) is 3.07. The number of amides is 1. The van der Waals surface area contributed by atoms with Crippen molar-refractivity contribution in [3.05, 3.63) is 57.5 Å². The number of ether oxygens (including phenoxy) is 1. The van der Waals surface area contributed by atoms with E-state index in [1.165, 1.54) is 6.07 Å². The van der Waals surface area contributed by atoms with E-state index in [9.17, 15) is 14.9 Å². The molecule has 0 saturated heterocycles. The van der Waals surface area contributed by atoms with E-state index in [1.807, 2.05) is 6.92 Å². The molecule has 0 aromatic carbocycles. The second kappa shape index (κ2) is 7.30. The maximum absolute atomic E-state index is 12.2. The van der Waals surface area contributed by atoms with Crippen molar-refractivity contribution in [3.8, 4) is 5.88 Å². The largest absolute Gasteiger partial charge is 0.478 e. The Balaban J connectivity index is 2.09. The van der Waals surface area contributed by atoms with E-state index in [4.69, 9.17) is 4.74 Å². The van der Waals surface area contributed by atoms with Crippen molar-refractivity contribution in [2.24, 2.45) is 0 Å². The molecule has 2 heterocycles. The summed E-state index contributed by atoms with van der Waals surface area (Å²) in [6, 6.07) is 4.69. The first-order valence-electron chi connectivity index (χ1n) is 6.98. The SMILES string of the molecule is CCOc1cc(CNC(=O)c2cc([N+](=O)[O-])cnc2C)ccn1. The molecule has 1 amide bonds. The van der Waals surface area contributed by atoms with Crippen molar-refractivity contribution in [1.29, 1.82) is 0 Å². The van der Waals surface area contributed by atoms with Crippen LogP contribution in [0.15, 0.2) is 30.6 Å². The van der Waals surface area contributed by atoms with Gasteiger partial charge in [0.25, 0.3) is 11.6 Å². The molecule has 23 heavy (non-hydrogen) atoms. The van der Waals surface area contributed by atoms with Crippen LogP contribution in [0.5, 0.6) is 5.88 Å². The van der Waals surface area contributed by atoms with Gasteiger partial charge in [-0.3, -0.25) is 19.9 Å². The lowest BCUT2D eigenvalue weighted by Gasteiger charge is -2.08. The summed E-state index contributed by atoms with van der Waals surface area (Å²) in [5, 5.41) is 13.5. The molecule has 0 atom stereocenters. The summed E-state index contributed by atoms with van der Waals surface area (Å²) >= 11 is 0. The molecule has 0 aliphatic rings. The lowest BCUT2D eigenvalue weighted by atomic mass is 10.1. The van der Waals surface area contributed by atoms with Gasteiger partial charge in [0.05, 0.1) is 22.8 Å². The Labute approximate surface area is 132 Å². The average molecular weight is 316 g/mol. The summed E-state index contributed by atoms with van der Waals surface area (Å²) in [4.78, 5) is 30.3. The number of nitrogens with one attached hydrogen (secondary N) is 1. The third-order valence-corrected chi connectivity index (χ3v) is 3.07. The molecule has 120 valence electrons. The van der Waals surface area contributed by atoms with Crippen LogP contribution in [0.4, 0.5) is 5.69 Å². The van der Waals surface area contributed by atoms with Gasteiger partial charge in [-0.15, -0.1) is 0 Å². The number of carbonyl (C=O) groups is 1. The van der Waals surface area contributed by atoms with Gasteiger partial charge in [-0.25, -0.2) is 4.98 Å². The number of nitrogens with zero attached hydrogens (tertiary/aromatic N) is 3. The van der Waals surface area contributed by atoms with Crippen LogP contribution < -0.4 is 10.1 Å². The van der Waals surface area contributed by atoms with E-state index < -0.39 is 10.8 Å². The zero-order valence-corrected chi connectivity index (χ0v) is 12.8. The molecule has 0 fully saturated rings. The van der Waals surface area contributed by atoms with Gasteiger partial charge < -0.3 is 10.1 Å². The van der Waals surface area contributed by atoms with E-state index in [0.717, 1.165) is 11.8 Å². The first-order chi connectivity index (χ1) is 11.0. The van der Waals surface area contributed by atoms with Gasteiger partial charge in [0.1, 0.15) is 6.20 Å². The van der Waals surface area contributed by atoms with Crippen molar-refractivity contribution in [2.45, 2.75) is 20.4 Å². The molecule has 2 rings (SSSR count). The molecule has 0 aliphatic carbocycles. The Morgan fingerprint density at radius 1 is 1.39 bits per heavy atom. The first-order valence-corrected chi connectivity index (χ1v) is 6.98. The smallest absolute Gasteiger partial charge is 0.288 e. The molecule has 0 saturated carbocycles. The molecule has 1 N–H and O–H groups in total. The van der Waals surface area contributed by atoms with Gasteiger partial charge in [-0.2, -0.15) is 0 Å². The normalized spacial score (nSPS) is 10.2. The number of aromatic nitrogens is 2. The summed E-state index contributed by atoms with van der Waals surface area (Å²) in [6.45, 7) is 4.23. The highest BCUT2D eigenvalue weighted by molar-refractivity contribution is 5.95. The second-order valence-corrected chi connectivity index (χ2v) is 4.70. The molecule has 8 nitrogen and oxygen atoms in total. The van der Waals surface area contributed by atoms with Crippen molar-refractivity contribution in [2.75, 3.05) is 6.61 Å². The molecule has 0 bridgehead atoms.